The third kappa shape index (κ3) is 5.13. The van der Waals surface area contributed by atoms with Crippen molar-refractivity contribution in [1.82, 2.24) is 14.8 Å². The summed E-state index contributed by atoms with van der Waals surface area (Å²) in [7, 11) is 4.03. The number of piperidine rings is 1. The maximum atomic E-state index is 12.8. The summed E-state index contributed by atoms with van der Waals surface area (Å²) in [5.74, 6) is -0.922. The van der Waals surface area contributed by atoms with Gasteiger partial charge in [0.25, 0.3) is 11.8 Å². The van der Waals surface area contributed by atoms with Gasteiger partial charge in [0, 0.05) is 30.1 Å². The molecule has 0 bridgehead atoms. The Balaban J connectivity index is 1.63. The molecule has 1 aliphatic rings. The number of thiazole rings is 1. The minimum absolute atomic E-state index is 0.131. The van der Waals surface area contributed by atoms with E-state index in [1.807, 2.05) is 14.1 Å². The molecule has 1 fully saturated rings. The number of anilines is 1. The molecule has 29 heavy (non-hydrogen) atoms. The number of hydrogen-bond donors (Lipinski definition) is 1. The Hall–Kier alpha value is -2.46. The molecule has 0 atom stereocenters. The molecule has 2 aromatic rings. The van der Waals surface area contributed by atoms with Crippen molar-refractivity contribution in [2.45, 2.75) is 25.1 Å². The fourth-order valence-corrected chi connectivity index (χ4v) is 3.86. The van der Waals surface area contributed by atoms with Gasteiger partial charge in [-0.1, -0.05) is 6.07 Å². The first-order chi connectivity index (χ1) is 13.6. The third-order valence-electron chi connectivity index (χ3n) is 4.88. The maximum absolute atomic E-state index is 12.8. The van der Waals surface area contributed by atoms with Crippen molar-refractivity contribution >= 4 is 28.3 Å². The fraction of sp³-hybridized carbons (Fsp3) is 0.421. The van der Waals surface area contributed by atoms with E-state index in [1.165, 1.54) is 12.1 Å². The first-order valence-corrected chi connectivity index (χ1v) is 9.93. The molecule has 3 rings (SSSR count). The Morgan fingerprint density at radius 3 is 2.55 bits per heavy atom. The Bertz CT molecular complexity index is 890. The zero-order chi connectivity index (χ0) is 21.2. The van der Waals surface area contributed by atoms with Gasteiger partial charge in [0.05, 0.1) is 5.56 Å². The lowest BCUT2D eigenvalue weighted by atomic mass is 10.0. The molecule has 2 amide bonds. The summed E-state index contributed by atoms with van der Waals surface area (Å²) in [5, 5.41) is 4.17. The number of carbonyl (C=O) groups is 2. The topological polar surface area (TPSA) is 65.5 Å². The van der Waals surface area contributed by atoms with Gasteiger partial charge in [0.1, 0.15) is 5.69 Å². The SMILES string of the molecule is CN(C)C1CCN(C(=O)c2csc(NC(=O)c3cccc(C(F)(F)F)c3)n2)CC1. The van der Waals surface area contributed by atoms with E-state index >= 15 is 0 Å². The predicted molar refractivity (Wildman–Crippen MR) is 104 cm³/mol. The predicted octanol–water partition coefficient (Wildman–Crippen LogP) is 3.58. The molecule has 0 radical (unpaired) electrons. The number of alkyl halides is 3. The van der Waals surface area contributed by atoms with Gasteiger partial charge >= 0.3 is 6.18 Å². The van der Waals surface area contributed by atoms with Crippen LogP contribution in [-0.2, 0) is 6.18 Å². The lowest BCUT2D eigenvalue weighted by Crippen LogP contribution is -2.44. The highest BCUT2D eigenvalue weighted by Crippen LogP contribution is 2.30. The molecule has 1 N–H and O–H groups in total. The van der Waals surface area contributed by atoms with Gasteiger partial charge in [-0.15, -0.1) is 11.3 Å². The summed E-state index contributed by atoms with van der Waals surface area (Å²) < 4.78 is 38.4. The van der Waals surface area contributed by atoms with Crippen LogP contribution in [0.2, 0.25) is 0 Å². The molecule has 6 nitrogen and oxygen atoms in total. The van der Waals surface area contributed by atoms with Crippen LogP contribution in [0.5, 0.6) is 0 Å². The Kier molecular flexibility index (Phi) is 6.23. The van der Waals surface area contributed by atoms with Crippen molar-refractivity contribution < 1.29 is 22.8 Å². The summed E-state index contributed by atoms with van der Waals surface area (Å²) in [6.45, 7) is 1.26. The zero-order valence-corrected chi connectivity index (χ0v) is 16.8. The molecule has 156 valence electrons. The van der Waals surface area contributed by atoms with Gasteiger partial charge in [-0.2, -0.15) is 13.2 Å². The van der Waals surface area contributed by atoms with Crippen LogP contribution in [0, 0.1) is 0 Å². The lowest BCUT2D eigenvalue weighted by molar-refractivity contribution is -0.137. The van der Waals surface area contributed by atoms with Crippen LogP contribution >= 0.6 is 11.3 Å². The van der Waals surface area contributed by atoms with E-state index in [4.69, 9.17) is 0 Å². The molecule has 1 saturated heterocycles. The number of benzene rings is 1. The third-order valence-corrected chi connectivity index (χ3v) is 5.64. The van der Waals surface area contributed by atoms with Crippen molar-refractivity contribution in [3.8, 4) is 0 Å². The molecule has 2 heterocycles. The Labute approximate surface area is 170 Å². The number of amides is 2. The van der Waals surface area contributed by atoms with Crippen molar-refractivity contribution in [2.24, 2.45) is 0 Å². The average Bonchev–Trinajstić information content (AvgIpc) is 3.15. The first kappa shape index (κ1) is 21.3. The molecule has 0 saturated carbocycles. The molecule has 0 spiro atoms. The molecular weight excluding hydrogens is 405 g/mol. The van der Waals surface area contributed by atoms with E-state index in [0.717, 1.165) is 36.3 Å². The van der Waals surface area contributed by atoms with Gasteiger partial charge in [-0.05, 0) is 45.1 Å². The summed E-state index contributed by atoms with van der Waals surface area (Å²) >= 11 is 1.06. The monoisotopic (exact) mass is 426 g/mol. The van der Waals surface area contributed by atoms with Crippen LogP contribution in [0.1, 0.15) is 39.3 Å². The van der Waals surface area contributed by atoms with Crippen molar-refractivity contribution in [3.63, 3.8) is 0 Å². The number of rotatable bonds is 4. The van der Waals surface area contributed by atoms with Crippen LogP contribution in [0.25, 0.3) is 0 Å². The van der Waals surface area contributed by atoms with E-state index < -0.39 is 17.6 Å². The van der Waals surface area contributed by atoms with Crippen LogP contribution < -0.4 is 5.32 Å². The van der Waals surface area contributed by atoms with Gasteiger partial charge in [-0.25, -0.2) is 4.98 Å². The normalized spacial score (nSPS) is 15.6. The van der Waals surface area contributed by atoms with Crippen LogP contribution in [0.15, 0.2) is 29.6 Å². The van der Waals surface area contributed by atoms with Crippen molar-refractivity contribution in [3.05, 3.63) is 46.5 Å². The van der Waals surface area contributed by atoms with Gasteiger partial charge < -0.3 is 9.80 Å². The summed E-state index contributed by atoms with van der Waals surface area (Å²) in [4.78, 5) is 32.9. The average molecular weight is 426 g/mol. The van der Waals surface area contributed by atoms with Crippen LogP contribution in [-0.4, -0.2) is 59.8 Å². The Morgan fingerprint density at radius 1 is 1.24 bits per heavy atom. The summed E-state index contributed by atoms with van der Waals surface area (Å²) in [5.41, 5.74) is -0.812. The summed E-state index contributed by atoms with van der Waals surface area (Å²) in [6.07, 6.45) is -2.78. The second-order valence-corrected chi connectivity index (χ2v) is 7.92. The smallest absolute Gasteiger partial charge is 0.337 e. The number of nitrogens with one attached hydrogen (secondary N) is 1. The lowest BCUT2D eigenvalue weighted by Gasteiger charge is -2.34. The first-order valence-electron chi connectivity index (χ1n) is 9.05. The highest BCUT2D eigenvalue weighted by molar-refractivity contribution is 7.14. The maximum Gasteiger partial charge on any atom is 0.416 e. The minimum Gasteiger partial charge on any atom is -0.337 e. The fourth-order valence-electron chi connectivity index (χ4n) is 3.18. The number of aromatic nitrogens is 1. The van der Waals surface area contributed by atoms with Crippen molar-refractivity contribution in [2.75, 3.05) is 32.5 Å². The largest absolute Gasteiger partial charge is 0.416 e. The zero-order valence-electron chi connectivity index (χ0n) is 16.0. The van der Waals surface area contributed by atoms with Gasteiger partial charge in [0.2, 0.25) is 0 Å². The highest BCUT2D eigenvalue weighted by atomic mass is 32.1. The molecule has 1 aromatic heterocycles. The molecule has 1 aromatic carbocycles. The highest BCUT2D eigenvalue weighted by Gasteiger charge is 2.31. The van der Waals surface area contributed by atoms with E-state index in [-0.39, 0.29) is 22.3 Å². The second-order valence-electron chi connectivity index (χ2n) is 7.06. The van der Waals surface area contributed by atoms with E-state index in [9.17, 15) is 22.8 Å². The molecular formula is C19H21F3N4O2S. The van der Waals surface area contributed by atoms with E-state index in [1.54, 1.807) is 10.3 Å². The molecule has 10 heteroatoms. The molecule has 1 aliphatic heterocycles. The standard InChI is InChI=1S/C19H21F3N4O2S/c1-25(2)14-6-8-26(9-7-14)17(28)15-11-29-18(23-15)24-16(27)12-4-3-5-13(10-12)19(20,21)22/h3-5,10-11,14H,6-9H2,1-2H3,(H,23,24,27). The minimum atomic E-state index is -4.53. The number of halogens is 3. The molecule has 0 unspecified atom stereocenters. The number of hydrogen-bond acceptors (Lipinski definition) is 5. The van der Waals surface area contributed by atoms with Gasteiger partial charge in [-0.3, -0.25) is 14.9 Å². The Morgan fingerprint density at radius 2 is 1.93 bits per heavy atom. The van der Waals surface area contributed by atoms with E-state index in [0.29, 0.717) is 19.1 Å². The number of likely N-dealkylation sites (tertiary alicyclic amines) is 1. The van der Waals surface area contributed by atoms with Crippen LogP contribution in [0.4, 0.5) is 18.3 Å². The number of nitrogens with zero attached hydrogens (tertiary/aromatic N) is 3. The van der Waals surface area contributed by atoms with Crippen LogP contribution in [0.3, 0.4) is 0 Å². The van der Waals surface area contributed by atoms with E-state index in [2.05, 4.69) is 15.2 Å². The number of carbonyl (C=O) groups excluding carboxylic acids is 2. The quantitative estimate of drug-likeness (QED) is 0.812. The van der Waals surface area contributed by atoms with Gasteiger partial charge in [0.15, 0.2) is 5.13 Å². The molecule has 0 aliphatic carbocycles. The second kappa shape index (κ2) is 8.50. The van der Waals surface area contributed by atoms with Crippen molar-refractivity contribution in [1.29, 1.82) is 0 Å². The summed E-state index contributed by atoms with van der Waals surface area (Å²) in [6, 6.07) is 4.59.